The second-order valence-electron chi connectivity index (χ2n) is 5.83. The average Bonchev–Trinajstić information content (AvgIpc) is 2.99. The monoisotopic (exact) mass is 309 g/mol. The Morgan fingerprint density at radius 1 is 1.00 bits per heavy atom. The third kappa shape index (κ3) is 3.55. The molecule has 2 saturated heterocycles. The van der Waals surface area contributed by atoms with Gasteiger partial charge in [0.15, 0.2) is 0 Å². The van der Waals surface area contributed by atoms with Crippen LogP contribution in [0.5, 0.6) is 0 Å². The van der Waals surface area contributed by atoms with E-state index in [1.165, 1.54) is 0 Å². The van der Waals surface area contributed by atoms with Crippen molar-refractivity contribution in [2.24, 2.45) is 0 Å². The van der Waals surface area contributed by atoms with Crippen LogP contribution in [0.2, 0.25) is 0 Å². The minimum atomic E-state index is -2.78. The van der Waals surface area contributed by atoms with Crippen molar-refractivity contribution < 1.29 is 9.09 Å². The Kier molecular flexibility index (Phi) is 4.77. The molecule has 2 heterocycles. The van der Waals surface area contributed by atoms with E-state index in [2.05, 4.69) is 14.7 Å². The molecule has 2 aliphatic heterocycles. The number of benzene rings is 1. The molecule has 2 fully saturated rings. The van der Waals surface area contributed by atoms with Gasteiger partial charge in [-0.1, -0.05) is 18.2 Å². The molecule has 0 saturated carbocycles. The van der Waals surface area contributed by atoms with Gasteiger partial charge in [0.05, 0.1) is 13.0 Å². The number of nitrogens with zero attached hydrogens (tertiary/aromatic N) is 3. The third-order valence-electron chi connectivity index (χ3n) is 4.43. The summed E-state index contributed by atoms with van der Waals surface area (Å²) in [4.78, 5) is 7.22. The zero-order valence-electron chi connectivity index (χ0n) is 12.6. The zero-order chi connectivity index (χ0) is 14.7. The summed E-state index contributed by atoms with van der Waals surface area (Å²) in [7, 11) is -1.22. The fraction of sp³-hybridized carbons (Fsp3) is 0.600. The first-order chi connectivity index (χ1) is 10.2. The first kappa shape index (κ1) is 15.2. The lowest BCUT2D eigenvalue weighted by atomic mass is 10.4. The summed E-state index contributed by atoms with van der Waals surface area (Å²) in [6.07, 6.45) is 0.509. The van der Waals surface area contributed by atoms with Crippen LogP contribution in [0.1, 0.15) is 0 Å². The number of rotatable bonds is 4. The molecule has 0 N–H and O–H groups in total. The molecule has 0 aliphatic carbocycles. The SMILES string of the molecule is COP(=O)(CN1CCN2CCN(CC1)C2)c1ccccc1. The lowest BCUT2D eigenvalue weighted by Crippen LogP contribution is -2.43. The Labute approximate surface area is 126 Å². The van der Waals surface area contributed by atoms with Gasteiger partial charge >= 0.3 is 0 Å². The Hall–Kier alpha value is -0.710. The van der Waals surface area contributed by atoms with Crippen molar-refractivity contribution in [3.05, 3.63) is 30.3 Å². The molecule has 6 heteroatoms. The number of hydrogen-bond donors (Lipinski definition) is 0. The maximum absolute atomic E-state index is 13.1. The van der Waals surface area contributed by atoms with Gasteiger partial charge in [0.1, 0.15) is 0 Å². The smallest absolute Gasteiger partial charge is 0.245 e. The van der Waals surface area contributed by atoms with E-state index < -0.39 is 7.37 Å². The summed E-state index contributed by atoms with van der Waals surface area (Å²) in [5.41, 5.74) is 0. The van der Waals surface area contributed by atoms with Crippen molar-refractivity contribution in [1.29, 1.82) is 0 Å². The molecule has 3 rings (SSSR count). The molecule has 3 atom stereocenters. The largest absolute Gasteiger partial charge is 0.328 e. The van der Waals surface area contributed by atoms with E-state index in [0.717, 1.165) is 51.2 Å². The molecule has 2 bridgehead atoms. The molecule has 0 spiro atoms. The molecule has 1 aromatic carbocycles. The fourth-order valence-electron chi connectivity index (χ4n) is 3.05. The summed E-state index contributed by atoms with van der Waals surface area (Å²) < 4.78 is 18.6. The van der Waals surface area contributed by atoms with Gasteiger partial charge in [0.25, 0.3) is 0 Å². The van der Waals surface area contributed by atoms with E-state index >= 15 is 0 Å². The van der Waals surface area contributed by atoms with Crippen LogP contribution in [0.25, 0.3) is 0 Å². The Morgan fingerprint density at radius 3 is 2.14 bits per heavy atom. The summed E-state index contributed by atoms with van der Waals surface area (Å²) >= 11 is 0. The lowest BCUT2D eigenvalue weighted by molar-refractivity contribution is 0.160. The molecular formula is C15H24N3O2P. The van der Waals surface area contributed by atoms with Crippen LogP contribution >= 0.6 is 7.37 Å². The maximum Gasteiger partial charge on any atom is 0.245 e. The van der Waals surface area contributed by atoms with Crippen molar-refractivity contribution in [1.82, 2.24) is 14.7 Å². The zero-order valence-corrected chi connectivity index (χ0v) is 13.5. The number of fused-ring (bicyclic) bond motifs is 2. The second-order valence-corrected chi connectivity index (χ2v) is 8.34. The topological polar surface area (TPSA) is 36.0 Å². The van der Waals surface area contributed by atoms with Crippen LogP contribution in [0, 0.1) is 0 Å². The quantitative estimate of drug-likeness (QED) is 0.778. The minimum Gasteiger partial charge on any atom is -0.328 e. The van der Waals surface area contributed by atoms with Crippen LogP contribution in [-0.4, -0.2) is 74.0 Å². The molecule has 0 aromatic heterocycles. The third-order valence-corrected chi connectivity index (χ3v) is 6.88. The van der Waals surface area contributed by atoms with Crippen molar-refractivity contribution in [2.45, 2.75) is 0 Å². The maximum atomic E-state index is 13.1. The van der Waals surface area contributed by atoms with Crippen LogP contribution in [0.4, 0.5) is 0 Å². The van der Waals surface area contributed by atoms with E-state index in [0.29, 0.717) is 6.29 Å². The minimum absolute atomic E-state index is 0.509. The van der Waals surface area contributed by atoms with Crippen LogP contribution in [0.15, 0.2) is 30.3 Å². The van der Waals surface area contributed by atoms with E-state index in [1.54, 1.807) is 7.11 Å². The normalized spacial score (nSPS) is 29.6. The van der Waals surface area contributed by atoms with Crippen molar-refractivity contribution in [3.63, 3.8) is 0 Å². The van der Waals surface area contributed by atoms with Gasteiger partial charge in [-0.2, -0.15) is 0 Å². The molecule has 116 valence electrons. The van der Waals surface area contributed by atoms with Crippen molar-refractivity contribution in [2.75, 3.05) is 59.3 Å². The molecule has 21 heavy (non-hydrogen) atoms. The summed E-state index contributed by atoms with van der Waals surface area (Å²) in [6.45, 7) is 7.45. The predicted octanol–water partition coefficient (Wildman–Crippen LogP) is 1.08. The van der Waals surface area contributed by atoms with Gasteiger partial charge < -0.3 is 4.52 Å². The first-order valence-electron chi connectivity index (χ1n) is 7.57. The van der Waals surface area contributed by atoms with Crippen LogP contribution < -0.4 is 5.30 Å². The van der Waals surface area contributed by atoms with Gasteiger partial charge in [0, 0.05) is 51.7 Å². The van der Waals surface area contributed by atoms with Gasteiger partial charge in [-0.05, 0) is 12.1 Å². The van der Waals surface area contributed by atoms with E-state index in [1.807, 2.05) is 30.3 Å². The molecule has 2 aliphatic rings. The van der Waals surface area contributed by atoms with Gasteiger partial charge in [0.2, 0.25) is 7.37 Å². The van der Waals surface area contributed by atoms with E-state index in [-0.39, 0.29) is 0 Å². The molecule has 5 nitrogen and oxygen atoms in total. The predicted molar refractivity (Wildman–Crippen MR) is 85.1 cm³/mol. The Balaban J connectivity index is 1.70. The summed E-state index contributed by atoms with van der Waals surface area (Å²) in [6, 6.07) is 9.60. The van der Waals surface area contributed by atoms with Crippen LogP contribution in [0.3, 0.4) is 0 Å². The Morgan fingerprint density at radius 2 is 1.57 bits per heavy atom. The second kappa shape index (κ2) is 6.59. The average molecular weight is 309 g/mol. The molecule has 0 radical (unpaired) electrons. The van der Waals surface area contributed by atoms with E-state index in [9.17, 15) is 4.57 Å². The van der Waals surface area contributed by atoms with Gasteiger partial charge in [-0.3, -0.25) is 19.3 Å². The standard InChI is InChI=1S/C15H24N3O2P/c1-20-21(19,15-5-3-2-4-6-15)14-18-11-9-16-7-8-17(13-16)10-12-18/h2-6H,7-14H2,1H3. The van der Waals surface area contributed by atoms with E-state index in [4.69, 9.17) is 4.52 Å². The molecule has 0 amide bonds. The highest BCUT2D eigenvalue weighted by atomic mass is 31.2. The first-order valence-corrected chi connectivity index (χ1v) is 9.38. The Bertz CT molecular complexity index is 497. The highest BCUT2D eigenvalue weighted by molar-refractivity contribution is 7.66. The molecular weight excluding hydrogens is 285 g/mol. The molecule has 1 aromatic rings. The van der Waals surface area contributed by atoms with Crippen molar-refractivity contribution in [3.8, 4) is 0 Å². The number of hydrogen-bond acceptors (Lipinski definition) is 5. The highest BCUT2D eigenvalue weighted by Gasteiger charge is 2.30. The van der Waals surface area contributed by atoms with Gasteiger partial charge in [-0.25, -0.2) is 0 Å². The summed E-state index contributed by atoms with van der Waals surface area (Å²) in [5.74, 6) is 0. The summed E-state index contributed by atoms with van der Waals surface area (Å²) in [5, 5.41) is 0.818. The molecule has 3 unspecified atom stereocenters. The van der Waals surface area contributed by atoms with Crippen LogP contribution in [-0.2, 0) is 9.09 Å². The highest BCUT2D eigenvalue weighted by Crippen LogP contribution is 2.45. The van der Waals surface area contributed by atoms with Gasteiger partial charge in [-0.15, -0.1) is 0 Å². The fourth-order valence-corrected chi connectivity index (χ4v) is 4.98. The lowest BCUT2D eigenvalue weighted by Gasteiger charge is -2.32. The van der Waals surface area contributed by atoms with Crippen molar-refractivity contribution >= 4 is 12.7 Å².